The van der Waals surface area contributed by atoms with Crippen molar-refractivity contribution in [1.82, 2.24) is 10.2 Å². The molecule has 0 radical (unpaired) electrons. The van der Waals surface area contributed by atoms with Crippen LogP contribution >= 0.6 is 0 Å². The second-order valence-corrected chi connectivity index (χ2v) is 5.35. The molecule has 18 heavy (non-hydrogen) atoms. The van der Waals surface area contributed by atoms with E-state index in [2.05, 4.69) is 5.32 Å². The summed E-state index contributed by atoms with van der Waals surface area (Å²) in [5.74, 6) is -0.872. The van der Waals surface area contributed by atoms with Crippen LogP contribution in [0.25, 0.3) is 0 Å². The molecule has 1 saturated carbocycles. The monoisotopic (exact) mass is 258 g/mol. The van der Waals surface area contributed by atoms with Gasteiger partial charge in [0, 0.05) is 19.6 Å². The lowest BCUT2D eigenvalue weighted by atomic mass is 9.85. The topological polar surface area (TPSA) is 89.9 Å². The van der Waals surface area contributed by atoms with Crippen LogP contribution in [-0.2, 0) is 4.79 Å². The van der Waals surface area contributed by atoms with Crippen molar-refractivity contribution in [3.8, 4) is 0 Å². The molecule has 6 nitrogen and oxygen atoms in total. The second-order valence-electron chi connectivity index (χ2n) is 5.35. The van der Waals surface area contributed by atoms with E-state index >= 15 is 0 Å². The highest BCUT2D eigenvalue weighted by Gasteiger charge is 2.46. The van der Waals surface area contributed by atoms with Crippen LogP contribution in [0.2, 0.25) is 0 Å². The first-order valence-corrected chi connectivity index (χ1v) is 6.20. The van der Waals surface area contributed by atoms with Crippen molar-refractivity contribution in [2.24, 2.45) is 5.41 Å². The smallest absolute Gasteiger partial charge is 0.317 e. The summed E-state index contributed by atoms with van der Waals surface area (Å²) in [6, 6.07) is -0.686. The average molecular weight is 258 g/mol. The number of hydrogen-bond donors (Lipinski definition) is 3. The Kier molecular flexibility index (Phi) is 4.56. The van der Waals surface area contributed by atoms with Gasteiger partial charge in [0.25, 0.3) is 0 Å². The number of carbonyl (C=O) groups is 2. The first-order chi connectivity index (χ1) is 8.27. The van der Waals surface area contributed by atoms with Gasteiger partial charge in [-0.1, -0.05) is 6.42 Å². The summed E-state index contributed by atoms with van der Waals surface area (Å²) in [5, 5.41) is 21.2. The van der Waals surface area contributed by atoms with E-state index in [1.807, 2.05) is 0 Å². The maximum absolute atomic E-state index is 11.9. The van der Waals surface area contributed by atoms with Crippen LogP contribution in [0.5, 0.6) is 0 Å². The molecule has 0 aromatic rings. The Morgan fingerprint density at radius 1 is 1.56 bits per heavy atom. The van der Waals surface area contributed by atoms with Crippen molar-refractivity contribution in [3.05, 3.63) is 0 Å². The van der Waals surface area contributed by atoms with Crippen LogP contribution in [0.3, 0.4) is 0 Å². The van der Waals surface area contributed by atoms with E-state index in [0.29, 0.717) is 12.8 Å². The number of carboxylic acids is 1. The zero-order chi connectivity index (χ0) is 13.9. The summed E-state index contributed by atoms with van der Waals surface area (Å²) in [6.45, 7) is 3.49. The van der Waals surface area contributed by atoms with Gasteiger partial charge in [0.15, 0.2) is 0 Å². The van der Waals surface area contributed by atoms with Crippen molar-refractivity contribution in [2.45, 2.75) is 45.3 Å². The molecule has 104 valence electrons. The summed E-state index contributed by atoms with van der Waals surface area (Å²) in [5.41, 5.74) is -0.888. The molecule has 0 aromatic carbocycles. The number of aliphatic hydroxyl groups excluding tert-OH is 1. The minimum atomic E-state index is -0.888. The predicted molar refractivity (Wildman–Crippen MR) is 66.2 cm³/mol. The fraction of sp³-hybridized carbons (Fsp3) is 0.833. The molecule has 0 spiro atoms. The molecule has 2 amide bonds. The molecular formula is C12H22N2O4. The van der Waals surface area contributed by atoms with Gasteiger partial charge >= 0.3 is 12.0 Å². The minimum absolute atomic E-state index is 0.225. The van der Waals surface area contributed by atoms with Crippen LogP contribution in [0, 0.1) is 5.41 Å². The van der Waals surface area contributed by atoms with Gasteiger partial charge in [-0.15, -0.1) is 0 Å². The summed E-state index contributed by atoms with van der Waals surface area (Å²) < 4.78 is 0. The molecule has 0 saturated heterocycles. The lowest BCUT2D eigenvalue weighted by molar-refractivity contribution is -0.148. The third kappa shape index (κ3) is 3.13. The fourth-order valence-corrected chi connectivity index (χ4v) is 2.39. The molecule has 3 unspecified atom stereocenters. The average Bonchev–Trinajstić information content (AvgIpc) is 2.60. The van der Waals surface area contributed by atoms with Gasteiger partial charge in [-0.3, -0.25) is 4.79 Å². The van der Waals surface area contributed by atoms with Crippen molar-refractivity contribution >= 4 is 12.0 Å². The van der Waals surface area contributed by atoms with Gasteiger partial charge in [0.05, 0.1) is 11.5 Å². The van der Waals surface area contributed by atoms with E-state index in [1.54, 1.807) is 20.9 Å². The molecule has 3 N–H and O–H groups in total. The van der Waals surface area contributed by atoms with Crippen LogP contribution < -0.4 is 5.32 Å². The molecule has 6 heteroatoms. The molecule has 1 aliphatic rings. The van der Waals surface area contributed by atoms with Crippen molar-refractivity contribution in [3.63, 3.8) is 0 Å². The van der Waals surface area contributed by atoms with E-state index < -0.39 is 17.5 Å². The Morgan fingerprint density at radius 3 is 2.67 bits per heavy atom. The van der Waals surface area contributed by atoms with Crippen LogP contribution in [0.15, 0.2) is 0 Å². The van der Waals surface area contributed by atoms with E-state index in [9.17, 15) is 19.8 Å². The Bertz CT molecular complexity index is 332. The summed E-state index contributed by atoms with van der Waals surface area (Å²) in [6.07, 6.45) is 1.45. The standard InChI is InChI=1S/C12H22N2O4/c1-8(15)7-14(3)11(18)13-9-5-4-6-12(9,2)10(16)17/h8-9,15H,4-7H2,1-3H3,(H,13,18)(H,16,17). The third-order valence-electron chi connectivity index (χ3n) is 3.63. The highest BCUT2D eigenvalue weighted by atomic mass is 16.4. The normalized spacial score (nSPS) is 28.8. The van der Waals surface area contributed by atoms with Crippen LogP contribution in [-0.4, -0.2) is 52.9 Å². The zero-order valence-corrected chi connectivity index (χ0v) is 11.1. The number of carbonyl (C=O) groups excluding carboxylic acids is 1. The number of nitrogens with zero attached hydrogens (tertiary/aromatic N) is 1. The number of aliphatic hydroxyl groups is 1. The molecule has 0 heterocycles. The molecular weight excluding hydrogens is 236 g/mol. The molecule has 1 fully saturated rings. The third-order valence-corrected chi connectivity index (χ3v) is 3.63. The highest BCUT2D eigenvalue weighted by molar-refractivity contribution is 5.79. The quantitative estimate of drug-likeness (QED) is 0.690. The lowest BCUT2D eigenvalue weighted by Gasteiger charge is -2.30. The highest BCUT2D eigenvalue weighted by Crippen LogP contribution is 2.38. The molecule has 1 aliphatic carbocycles. The van der Waals surface area contributed by atoms with Gasteiger partial charge in [0.2, 0.25) is 0 Å². The summed E-state index contributed by atoms with van der Waals surface area (Å²) in [4.78, 5) is 24.5. The number of urea groups is 1. The first-order valence-electron chi connectivity index (χ1n) is 6.20. The minimum Gasteiger partial charge on any atom is -0.481 e. The molecule has 0 aliphatic heterocycles. The van der Waals surface area contributed by atoms with Gasteiger partial charge in [-0.05, 0) is 26.7 Å². The number of nitrogens with one attached hydrogen (secondary N) is 1. The number of hydrogen-bond acceptors (Lipinski definition) is 3. The molecule has 3 atom stereocenters. The number of amides is 2. The molecule has 0 bridgehead atoms. The number of likely N-dealkylation sites (N-methyl/N-ethyl adjacent to an activating group) is 1. The van der Waals surface area contributed by atoms with E-state index in [1.165, 1.54) is 4.90 Å². The fourth-order valence-electron chi connectivity index (χ4n) is 2.39. The maximum Gasteiger partial charge on any atom is 0.317 e. The number of rotatable bonds is 4. The summed E-state index contributed by atoms with van der Waals surface area (Å²) in [7, 11) is 1.58. The number of aliphatic carboxylic acids is 1. The second kappa shape index (κ2) is 5.56. The van der Waals surface area contributed by atoms with Crippen molar-refractivity contribution in [1.29, 1.82) is 0 Å². The van der Waals surface area contributed by atoms with E-state index in [4.69, 9.17) is 0 Å². The summed E-state index contributed by atoms with van der Waals surface area (Å²) >= 11 is 0. The van der Waals surface area contributed by atoms with Gasteiger partial charge < -0.3 is 20.4 Å². The zero-order valence-electron chi connectivity index (χ0n) is 11.1. The Morgan fingerprint density at radius 2 is 2.17 bits per heavy atom. The van der Waals surface area contributed by atoms with Crippen LogP contribution in [0.1, 0.15) is 33.1 Å². The predicted octanol–water partition coefficient (Wildman–Crippen LogP) is 0.652. The van der Waals surface area contributed by atoms with Crippen LogP contribution in [0.4, 0.5) is 4.79 Å². The van der Waals surface area contributed by atoms with Crippen molar-refractivity contribution < 1.29 is 19.8 Å². The van der Waals surface area contributed by atoms with E-state index in [0.717, 1.165) is 6.42 Å². The SMILES string of the molecule is CC(O)CN(C)C(=O)NC1CCCC1(C)C(=O)O. The van der Waals surface area contributed by atoms with Gasteiger partial charge in [-0.2, -0.15) is 0 Å². The van der Waals surface area contributed by atoms with Gasteiger partial charge in [0.1, 0.15) is 0 Å². The Hall–Kier alpha value is -1.30. The first kappa shape index (κ1) is 14.8. The molecule has 1 rings (SSSR count). The molecule has 0 aromatic heterocycles. The Balaban J connectivity index is 2.61. The van der Waals surface area contributed by atoms with E-state index in [-0.39, 0.29) is 18.6 Å². The van der Waals surface area contributed by atoms with Crippen molar-refractivity contribution in [2.75, 3.05) is 13.6 Å². The maximum atomic E-state index is 11.9. The lowest BCUT2D eigenvalue weighted by Crippen LogP contribution is -2.51. The van der Waals surface area contributed by atoms with Gasteiger partial charge in [-0.25, -0.2) is 4.79 Å². The Labute approximate surface area is 107 Å². The largest absolute Gasteiger partial charge is 0.481 e. The number of carboxylic acid groups (broad SMARTS) is 1.